The van der Waals surface area contributed by atoms with Crippen molar-refractivity contribution in [3.05, 3.63) is 69.5 Å². The van der Waals surface area contributed by atoms with Crippen molar-refractivity contribution in [2.24, 2.45) is 13.0 Å². The summed E-state index contributed by atoms with van der Waals surface area (Å²) < 4.78 is 3.52. The van der Waals surface area contributed by atoms with Gasteiger partial charge in [0.1, 0.15) is 0 Å². The smallest absolute Gasteiger partial charge is 0.262 e. The van der Waals surface area contributed by atoms with Gasteiger partial charge in [-0.1, -0.05) is 41.9 Å². The van der Waals surface area contributed by atoms with Crippen LogP contribution in [0.3, 0.4) is 0 Å². The number of aromatic nitrogens is 4. The molecular formula is C22H22ClN5O. The summed E-state index contributed by atoms with van der Waals surface area (Å²) >= 11 is 6.14. The van der Waals surface area contributed by atoms with Crippen LogP contribution < -0.4 is 10.5 Å². The van der Waals surface area contributed by atoms with Crippen molar-refractivity contribution in [3.8, 4) is 0 Å². The van der Waals surface area contributed by atoms with Crippen molar-refractivity contribution in [3.63, 3.8) is 0 Å². The summed E-state index contributed by atoms with van der Waals surface area (Å²) in [5, 5.41) is 9.89. The van der Waals surface area contributed by atoms with E-state index in [4.69, 9.17) is 11.6 Å². The minimum atomic E-state index is -0.115. The van der Waals surface area contributed by atoms with Crippen molar-refractivity contribution in [2.45, 2.75) is 19.3 Å². The molecule has 5 rings (SSSR count). The van der Waals surface area contributed by atoms with Crippen LogP contribution in [-0.4, -0.2) is 32.3 Å². The number of rotatable bonds is 3. The SMILES string of the molecule is Cn1c(=O)c2cc(Cl)ccc2n2c(N3CCC(Cc4ccccc4)CC3)nnc12. The van der Waals surface area contributed by atoms with Gasteiger partial charge in [-0.05, 0) is 48.9 Å². The standard InChI is InChI=1S/C22H22ClN5O/c1-26-20(29)18-14-17(23)7-8-19(18)28-21(26)24-25-22(28)27-11-9-16(10-12-27)13-15-5-3-2-4-6-15/h2-8,14,16H,9-13H2,1H3. The lowest BCUT2D eigenvalue weighted by Gasteiger charge is -2.32. The largest absolute Gasteiger partial charge is 0.341 e. The number of benzene rings is 2. The molecule has 1 saturated heterocycles. The van der Waals surface area contributed by atoms with Crippen LogP contribution in [0.15, 0.2) is 53.3 Å². The van der Waals surface area contributed by atoms with Gasteiger partial charge in [-0.15, -0.1) is 10.2 Å². The molecule has 0 spiro atoms. The first kappa shape index (κ1) is 18.2. The molecule has 0 atom stereocenters. The quantitative estimate of drug-likeness (QED) is 0.519. The van der Waals surface area contributed by atoms with Gasteiger partial charge in [-0.25, -0.2) is 4.40 Å². The number of fused-ring (bicyclic) bond motifs is 3. The second kappa shape index (κ2) is 7.19. The molecule has 0 N–H and O–H groups in total. The lowest BCUT2D eigenvalue weighted by atomic mass is 9.90. The molecule has 1 fully saturated rings. The summed E-state index contributed by atoms with van der Waals surface area (Å²) in [6, 6.07) is 16.1. The van der Waals surface area contributed by atoms with Gasteiger partial charge < -0.3 is 4.90 Å². The lowest BCUT2D eigenvalue weighted by Crippen LogP contribution is -2.35. The summed E-state index contributed by atoms with van der Waals surface area (Å²) in [6.45, 7) is 1.85. The van der Waals surface area contributed by atoms with Crippen LogP contribution in [0.5, 0.6) is 0 Å². The summed E-state index contributed by atoms with van der Waals surface area (Å²) in [6.07, 6.45) is 3.34. The summed E-state index contributed by atoms with van der Waals surface area (Å²) in [4.78, 5) is 15.0. The maximum absolute atomic E-state index is 12.7. The second-order valence-electron chi connectivity index (χ2n) is 7.78. The number of hydrogen-bond acceptors (Lipinski definition) is 4. The van der Waals surface area contributed by atoms with Crippen LogP contribution in [0.1, 0.15) is 18.4 Å². The normalized spacial score (nSPS) is 15.4. The molecule has 0 aliphatic carbocycles. The molecular weight excluding hydrogens is 386 g/mol. The average Bonchev–Trinajstić information content (AvgIpc) is 3.19. The fourth-order valence-corrected chi connectivity index (χ4v) is 4.51. The average molecular weight is 408 g/mol. The third kappa shape index (κ3) is 3.17. The van der Waals surface area contributed by atoms with E-state index >= 15 is 0 Å². The number of halogens is 1. The van der Waals surface area contributed by atoms with E-state index < -0.39 is 0 Å². The molecule has 0 saturated carbocycles. The van der Waals surface area contributed by atoms with E-state index in [-0.39, 0.29) is 5.56 Å². The van der Waals surface area contributed by atoms with Gasteiger partial charge in [0, 0.05) is 25.2 Å². The Balaban J connectivity index is 1.47. The monoisotopic (exact) mass is 407 g/mol. The van der Waals surface area contributed by atoms with Gasteiger partial charge in [0.15, 0.2) is 0 Å². The number of piperidine rings is 1. The highest BCUT2D eigenvalue weighted by Gasteiger charge is 2.24. The van der Waals surface area contributed by atoms with E-state index in [9.17, 15) is 4.79 Å². The highest BCUT2D eigenvalue weighted by atomic mass is 35.5. The van der Waals surface area contributed by atoms with Crippen LogP contribution in [-0.2, 0) is 13.5 Å². The molecule has 0 bridgehead atoms. The fourth-order valence-electron chi connectivity index (χ4n) is 4.34. The molecule has 0 amide bonds. The Bertz CT molecular complexity index is 1240. The van der Waals surface area contributed by atoms with Gasteiger partial charge in [-0.3, -0.25) is 9.36 Å². The van der Waals surface area contributed by atoms with Crippen LogP contribution in [0.4, 0.5) is 5.95 Å². The molecule has 2 aromatic heterocycles. The molecule has 0 radical (unpaired) electrons. The van der Waals surface area contributed by atoms with Crippen molar-refractivity contribution in [1.29, 1.82) is 0 Å². The molecule has 29 heavy (non-hydrogen) atoms. The molecule has 148 valence electrons. The molecule has 0 unspecified atom stereocenters. The fraction of sp³-hybridized carbons (Fsp3) is 0.318. The zero-order valence-corrected chi connectivity index (χ0v) is 17.0. The van der Waals surface area contributed by atoms with Gasteiger partial charge in [0.05, 0.1) is 10.9 Å². The van der Waals surface area contributed by atoms with E-state index in [1.165, 1.54) is 10.1 Å². The number of anilines is 1. The third-order valence-electron chi connectivity index (χ3n) is 5.93. The van der Waals surface area contributed by atoms with E-state index in [1.54, 1.807) is 19.2 Å². The minimum Gasteiger partial charge on any atom is -0.341 e. The molecule has 4 aromatic rings. The van der Waals surface area contributed by atoms with E-state index in [1.807, 2.05) is 10.5 Å². The third-order valence-corrected chi connectivity index (χ3v) is 6.16. The molecule has 2 aromatic carbocycles. The minimum absolute atomic E-state index is 0.115. The second-order valence-corrected chi connectivity index (χ2v) is 8.22. The van der Waals surface area contributed by atoms with Crippen molar-refractivity contribution >= 4 is 34.2 Å². The van der Waals surface area contributed by atoms with Crippen LogP contribution >= 0.6 is 11.6 Å². The Morgan fingerprint density at radius 1 is 1.07 bits per heavy atom. The van der Waals surface area contributed by atoms with Gasteiger partial charge in [0.2, 0.25) is 11.7 Å². The predicted octanol–water partition coefficient (Wildman–Crippen LogP) is 3.69. The van der Waals surface area contributed by atoms with Crippen molar-refractivity contribution in [1.82, 2.24) is 19.2 Å². The van der Waals surface area contributed by atoms with Gasteiger partial charge in [0.25, 0.3) is 5.56 Å². The Hall–Kier alpha value is -2.86. The Kier molecular flexibility index (Phi) is 4.51. The first-order chi connectivity index (χ1) is 14.1. The zero-order chi connectivity index (χ0) is 20.0. The highest BCUT2D eigenvalue weighted by molar-refractivity contribution is 6.31. The van der Waals surface area contributed by atoms with E-state index in [0.29, 0.717) is 22.1 Å². The van der Waals surface area contributed by atoms with Gasteiger partial charge >= 0.3 is 0 Å². The molecule has 7 heteroatoms. The molecule has 6 nitrogen and oxygen atoms in total. The maximum atomic E-state index is 12.7. The molecule has 3 heterocycles. The van der Waals surface area contributed by atoms with Crippen molar-refractivity contribution < 1.29 is 0 Å². The Morgan fingerprint density at radius 2 is 1.83 bits per heavy atom. The van der Waals surface area contributed by atoms with E-state index in [2.05, 4.69) is 45.4 Å². The Labute approximate surface area is 173 Å². The summed E-state index contributed by atoms with van der Waals surface area (Å²) in [5.41, 5.74) is 2.08. The van der Waals surface area contributed by atoms with Crippen LogP contribution in [0.25, 0.3) is 16.7 Å². The summed E-state index contributed by atoms with van der Waals surface area (Å²) in [7, 11) is 1.72. The van der Waals surface area contributed by atoms with E-state index in [0.717, 1.165) is 43.8 Å². The number of hydrogen-bond donors (Lipinski definition) is 0. The lowest BCUT2D eigenvalue weighted by molar-refractivity contribution is 0.400. The summed E-state index contributed by atoms with van der Waals surface area (Å²) in [5.74, 6) is 2.01. The number of aryl methyl sites for hydroxylation is 1. The predicted molar refractivity (Wildman–Crippen MR) is 116 cm³/mol. The maximum Gasteiger partial charge on any atom is 0.262 e. The first-order valence-electron chi connectivity index (χ1n) is 9.94. The van der Waals surface area contributed by atoms with Crippen molar-refractivity contribution in [2.75, 3.05) is 18.0 Å². The zero-order valence-electron chi connectivity index (χ0n) is 16.3. The van der Waals surface area contributed by atoms with Crippen LogP contribution in [0.2, 0.25) is 5.02 Å². The van der Waals surface area contributed by atoms with Crippen LogP contribution in [0, 0.1) is 5.92 Å². The molecule has 1 aliphatic heterocycles. The highest BCUT2D eigenvalue weighted by Crippen LogP contribution is 2.27. The van der Waals surface area contributed by atoms with Gasteiger partial charge in [-0.2, -0.15) is 0 Å². The number of nitrogens with zero attached hydrogens (tertiary/aromatic N) is 5. The Morgan fingerprint density at radius 3 is 2.59 bits per heavy atom. The molecule has 1 aliphatic rings. The first-order valence-corrected chi connectivity index (χ1v) is 10.3. The topological polar surface area (TPSA) is 55.4 Å².